The number of carbonyl (C=O) groups is 3. The van der Waals surface area contributed by atoms with E-state index in [9.17, 15) is 14.4 Å². The first-order valence-corrected chi connectivity index (χ1v) is 12.9. The van der Waals surface area contributed by atoms with E-state index in [1.807, 2.05) is 6.92 Å². The Hall–Kier alpha value is -1.48. The first-order chi connectivity index (χ1) is 16.3. The molecule has 2 saturated carbocycles. The highest BCUT2D eigenvalue weighted by molar-refractivity contribution is 6.22. The van der Waals surface area contributed by atoms with Gasteiger partial charge in [0.2, 0.25) is 5.91 Å². The molecule has 0 aromatic heterocycles. The van der Waals surface area contributed by atoms with Crippen LogP contribution in [0.1, 0.15) is 51.9 Å². The third-order valence-electron chi connectivity index (χ3n) is 8.87. The molecule has 5 unspecified atom stereocenters. The minimum absolute atomic E-state index is 0.0762. The fourth-order valence-corrected chi connectivity index (χ4v) is 7.56. The van der Waals surface area contributed by atoms with E-state index in [2.05, 4.69) is 0 Å². The van der Waals surface area contributed by atoms with Gasteiger partial charge in [0.25, 0.3) is 0 Å². The van der Waals surface area contributed by atoms with Crippen LogP contribution in [-0.2, 0) is 33.3 Å². The van der Waals surface area contributed by atoms with Gasteiger partial charge in [-0.3, -0.25) is 14.4 Å². The first kappa shape index (κ1) is 24.2. The Morgan fingerprint density at radius 1 is 1.09 bits per heavy atom. The second-order valence-electron chi connectivity index (χ2n) is 10.6. The molecule has 5 rings (SSSR count). The molecule has 8 nitrogen and oxygen atoms in total. The molecule has 2 N–H and O–H groups in total. The van der Waals surface area contributed by atoms with Crippen molar-refractivity contribution in [2.45, 2.75) is 87.3 Å². The summed E-state index contributed by atoms with van der Waals surface area (Å²) in [5.41, 5.74) is 4.60. The van der Waals surface area contributed by atoms with Gasteiger partial charge in [-0.2, -0.15) is 0 Å². The second kappa shape index (κ2) is 8.87. The lowest BCUT2D eigenvalue weighted by Crippen LogP contribution is -2.52. The van der Waals surface area contributed by atoms with Gasteiger partial charge in [0.15, 0.2) is 17.2 Å². The van der Waals surface area contributed by atoms with Crippen LogP contribution in [0.4, 0.5) is 0 Å². The van der Waals surface area contributed by atoms with Gasteiger partial charge in [0.1, 0.15) is 17.8 Å². The highest BCUT2D eigenvalue weighted by Gasteiger charge is 2.70. The Morgan fingerprint density at radius 2 is 1.76 bits per heavy atom. The average molecular weight is 496 g/mol. The first-order valence-electron chi connectivity index (χ1n) is 12.4. The van der Waals surface area contributed by atoms with E-state index in [0.717, 1.165) is 32.1 Å². The van der Waals surface area contributed by atoms with Gasteiger partial charge in [-0.25, -0.2) is 0 Å². The largest absolute Gasteiger partial charge is 0.489 e. The Bertz CT molecular complexity index is 915. The highest BCUT2D eigenvalue weighted by Crippen LogP contribution is 2.57. The molecule has 1 spiro atoms. The van der Waals surface area contributed by atoms with Crippen LogP contribution in [0.25, 0.3) is 0 Å². The molecule has 2 aliphatic heterocycles. The molecule has 1 saturated heterocycles. The molecule has 188 valence electrons. The molecule has 3 aliphatic carbocycles. The van der Waals surface area contributed by atoms with Gasteiger partial charge in [-0.1, -0.05) is 26.2 Å². The van der Waals surface area contributed by atoms with Gasteiger partial charge in [0.05, 0.1) is 35.2 Å². The van der Waals surface area contributed by atoms with E-state index < -0.39 is 53.0 Å². The number of hydrogen-bond donors (Lipinski definition) is 1. The number of Topliss-reactive ketones (excluding diaryl/α,β-unsaturated/α-hetero) is 2. The minimum Gasteiger partial charge on any atom is -0.489 e. The smallest absolute Gasteiger partial charge is 0.229 e. The molecule has 3 fully saturated rings. The number of ketones is 2. The van der Waals surface area contributed by atoms with Gasteiger partial charge < -0.3 is 24.7 Å². The number of fused-ring (bicyclic) bond motifs is 2. The Labute approximate surface area is 204 Å². The van der Waals surface area contributed by atoms with Crippen LogP contribution in [0.2, 0.25) is 0 Å². The van der Waals surface area contributed by atoms with Crippen LogP contribution < -0.4 is 5.73 Å². The molecule has 0 aromatic carbocycles. The summed E-state index contributed by atoms with van der Waals surface area (Å²) < 4.78 is 24.3. The lowest BCUT2D eigenvalue weighted by atomic mass is 9.68. The fourth-order valence-electron chi connectivity index (χ4n) is 7.15. The third-order valence-corrected chi connectivity index (χ3v) is 9.40. The van der Waals surface area contributed by atoms with Crippen LogP contribution >= 0.6 is 11.6 Å². The summed E-state index contributed by atoms with van der Waals surface area (Å²) in [6.07, 6.45) is 3.56. The summed E-state index contributed by atoms with van der Waals surface area (Å²) >= 11 is 6.77. The zero-order valence-electron chi connectivity index (χ0n) is 20.0. The van der Waals surface area contributed by atoms with Crippen molar-refractivity contribution >= 4 is 29.1 Å². The predicted octanol–water partition coefficient (Wildman–Crippen LogP) is 2.29. The third kappa shape index (κ3) is 3.32. The minimum atomic E-state index is -1.48. The highest BCUT2D eigenvalue weighted by atomic mass is 35.5. The van der Waals surface area contributed by atoms with Gasteiger partial charge in [-0.15, -0.1) is 11.6 Å². The normalized spacial score (nSPS) is 44.8. The molecular formula is C25H34ClNO7. The summed E-state index contributed by atoms with van der Waals surface area (Å²) in [6.45, 7) is 1.83. The molecule has 0 bridgehead atoms. The average Bonchev–Trinajstić information content (AvgIpc) is 3.38. The van der Waals surface area contributed by atoms with Crippen LogP contribution in [0, 0.1) is 23.7 Å². The molecule has 1 amide bonds. The van der Waals surface area contributed by atoms with Gasteiger partial charge in [0, 0.05) is 33.0 Å². The van der Waals surface area contributed by atoms with Crippen molar-refractivity contribution in [1.82, 2.24) is 0 Å². The zero-order valence-corrected chi connectivity index (χ0v) is 20.7. The standard InChI is InChI=1S/C25H34ClNO7/c1-11-9-13(28)16-18(24(27)30)20(12-7-5-4-6-8-12)33-23(16)25(11)22(29)17-14(31-2)10-15(32-3)19(26)21(17)34-25/h11-12,14-15,17-21H,4-10H2,1-3H3,(H2,27,30)/t11-,14?,15?,17?,18-,19?,20+,21?,25-/m1/s1. The molecule has 5 aliphatic rings. The van der Waals surface area contributed by atoms with E-state index in [0.29, 0.717) is 6.42 Å². The van der Waals surface area contributed by atoms with Crippen molar-refractivity contribution in [3.63, 3.8) is 0 Å². The second-order valence-corrected chi connectivity index (χ2v) is 11.1. The van der Waals surface area contributed by atoms with Crippen molar-refractivity contribution in [2.75, 3.05) is 14.2 Å². The Balaban J connectivity index is 1.60. The fraction of sp³-hybridized carbons (Fsp3) is 0.800. The molecular weight excluding hydrogens is 462 g/mol. The number of rotatable bonds is 4. The van der Waals surface area contributed by atoms with Crippen molar-refractivity contribution in [3.8, 4) is 0 Å². The summed E-state index contributed by atoms with van der Waals surface area (Å²) in [5.74, 6) is -2.64. The molecule has 0 radical (unpaired) electrons. The van der Waals surface area contributed by atoms with E-state index >= 15 is 0 Å². The summed E-state index contributed by atoms with van der Waals surface area (Å²) in [6, 6.07) is 0. The molecule has 9 atom stereocenters. The number of carbonyl (C=O) groups excluding carboxylic acids is 3. The van der Waals surface area contributed by atoms with Crippen molar-refractivity contribution in [2.24, 2.45) is 29.4 Å². The predicted molar refractivity (Wildman–Crippen MR) is 122 cm³/mol. The Kier molecular flexibility index (Phi) is 6.32. The van der Waals surface area contributed by atoms with E-state index in [4.69, 9.17) is 36.3 Å². The van der Waals surface area contributed by atoms with Crippen LogP contribution in [0.3, 0.4) is 0 Å². The molecule has 34 heavy (non-hydrogen) atoms. The van der Waals surface area contributed by atoms with Crippen LogP contribution in [0.15, 0.2) is 11.3 Å². The number of alkyl halides is 1. The zero-order chi connectivity index (χ0) is 24.4. The number of nitrogens with two attached hydrogens (primary N) is 1. The molecule has 2 heterocycles. The summed E-state index contributed by atoms with van der Waals surface area (Å²) in [7, 11) is 3.14. The topological polar surface area (TPSA) is 114 Å². The number of hydrogen-bond acceptors (Lipinski definition) is 7. The quantitative estimate of drug-likeness (QED) is 0.595. The summed E-state index contributed by atoms with van der Waals surface area (Å²) in [4.78, 5) is 40.2. The van der Waals surface area contributed by atoms with Crippen molar-refractivity contribution in [1.29, 1.82) is 0 Å². The Morgan fingerprint density at radius 3 is 2.38 bits per heavy atom. The number of halogens is 1. The maximum Gasteiger partial charge on any atom is 0.229 e. The van der Waals surface area contributed by atoms with Crippen LogP contribution in [0.5, 0.6) is 0 Å². The van der Waals surface area contributed by atoms with E-state index in [-0.39, 0.29) is 41.3 Å². The number of methoxy groups -OCH3 is 2. The van der Waals surface area contributed by atoms with Gasteiger partial charge in [-0.05, 0) is 18.8 Å². The van der Waals surface area contributed by atoms with Crippen molar-refractivity contribution in [3.05, 3.63) is 11.3 Å². The number of amides is 1. The van der Waals surface area contributed by atoms with Gasteiger partial charge >= 0.3 is 0 Å². The lowest BCUT2D eigenvalue weighted by Gasteiger charge is -2.39. The molecule has 9 heteroatoms. The van der Waals surface area contributed by atoms with E-state index in [1.165, 1.54) is 0 Å². The van der Waals surface area contributed by atoms with Crippen LogP contribution in [-0.4, -0.2) is 67.1 Å². The maximum absolute atomic E-state index is 14.2. The number of ether oxygens (including phenoxy) is 4. The lowest BCUT2D eigenvalue weighted by molar-refractivity contribution is -0.147. The monoisotopic (exact) mass is 495 g/mol. The maximum atomic E-state index is 14.2. The molecule has 0 aromatic rings. The van der Waals surface area contributed by atoms with E-state index in [1.54, 1.807) is 14.2 Å². The summed E-state index contributed by atoms with van der Waals surface area (Å²) in [5, 5.41) is -0.568. The van der Waals surface area contributed by atoms with Crippen molar-refractivity contribution < 1.29 is 33.3 Å². The number of primary amides is 1. The SMILES string of the molecule is COC1CC(OC)C2C(=O)[C@@]3(OC2C1Cl)C1=C(C(=O)C[C@H]3C)[C@@H](C(N)=O)[C@H](C2CCCCC2)O1.